The SMILES string of the molecule is C[C@H]1NC(=O)N(C2CCC(Oc3cc(=O)n(C)cc3Br)CC2)C1=O. The van der Waals surface area contributed by atoms with Crippen molar-refractivity contribution in [3.8, 4) is 5.75 Å². The molecular formula is C16H20BrN3O4. The number of imide groups is 1. The highest BCUT2D eigenvalue weighted by Gasteiger charge is 2.41. The van der Waals surface area contributed by atoms with Crippen molar-refractivity contribution in [2.45, 2.75) is 50.8 Å². The van der Waals surface area contributed by atoms with Gasteiger partial charge >= 0.3 is 6.03 Å². The fourth-order valence-corrected chi connectivity index (χ4v) is 3.76. The van der Waals surface area contributed by atoms with Gasteiger partial charge in [-0.05, 0) is 48.5 Å². The minimum Gasteiger partial charge on any atom is -0.489 e. The van der Waals surface area contributed by atoms with Crippen molar-refractivity contribution >= 4 is 27.9 Å². The van der Waals surface area contributed by atoms with Gasteiger partial charge in [0.1, 0.15) is 11.8 Å². The number of hydrogen-bond acceptors (Lipinski definition) is 4. The third-order valence-corrected chi connectivity index (χ3v) is 5.21. The monoisotopic (exact) mass is 397 g/mol. The summed E-state index contributed by atoms with van der Waals surface area (Å²) in [5.41, 5.74) is -0.129. The first-order valence-electron chi connectivity index (χ1n) is 8.03. The smallest absolute Gasteiger partial charge is 0.325 e. The summed E-state index contributed by atoms with van der Waals surface area (Å²) in [4.78, 5) is 37.1. The van der Waals surface area contributed by atoms with Crippen LogP contribution in [0.15, 0.2) is 21.5 Å². The molecule has 1 aromatic heterocycles. The molecule has 130 valence electrons. The Morgan fingerprint density at radius 2 is 1.88 bits per heavy atom. The molecule has 1 saturated heterocycles. The Morgan fingerprint density at radius 1 is 1.21 bits per heavy atom. The van der Waals surface area contributed by atoms with Gasteiger partial charge in [-0.15, -0.1) is 0 Å². The number of rotatable bonds is 3. The lowest BCUT2D eigenvalue weighted by Gasteiger charge is -2.33. The van der Waals surface area contributed by atoms with Crippen molar-refractivity contribution in [2.24, 2.45) is 7.05 Å². The number of hydrogen-bond donors (Lipinski definition) is 1. The van der Waals surface area contributed by atoms with E-state index < -0.39 is 6.04 Å². The minimum atomic E-state index is -0.442. The van der Waals surface area contributed by atoms with Gasteiger partial charge < -0.3 is 14.6 Å². The van der Waals surface area contributed by atoms with E-state index in [9.17, 15) is 14.4 Å². The lowest BCUT2D eigenvalue weighted by atomic mass is 9.92. The van der Waals surface area contributed by atoms with Crippen LogP contribution in [0.3, 0.4) is 0 Å². The standard InChI is InChI=1S/C16H20BrN3O4/c1-9-15(22)20(16(23)18-9)10-3-5-11(6-4-10)24-13-7-14(21)19(2)8-12(13)17/h7-11H,3-6H2,1-2H3,(H,18,23)/t9-,10?,11?/m1/s1. The van der Waals surface area contributed by atoms with Crippen molar-refractivity contribution in [3.63, 3.8) is 0 Å². The first kappa shape index (κ1) is 17.0. The highest BCUT2D eigenvalue weighted by Crippen LogP contribution is 2.30. The van der Waals surface area contributed by atoms with Crippen molar-refractivity contribution in [1.82, 2.24) is 14.8 Å². The van der Waals surface area contributed by atoms with Crippen molar-refractivity contribution < 1.29 is 14.3 Å². The van der Waals surface area contributed by atoms with Gasteiger partial charge in [0.25, 0.3) is 11.5 Å². The Morgan fingerprint density at radius 3 is 2.46 bits per heavy atom. The molecule has 2 aliphatic rings. The molecule has 0 unspecified atom stereocenters. The number of aromatic nitrogens is 1. The molecule has 1 aliphatic carbocycles. The number of nitrogens with one attached hydrogen (secondary N) is 1. The quantitative estimate of drug-likeness (QED) is 0.788. The van der Waals surface area contributed by atoms with Crippen LogP contribution in [0.1, 0.15) is 32.6 Å². The van der Waals surface area contributed by atoms with Gasteiger partial charge in [0.05, 0.1) is 10.6 Å². The molecular weight excluding hydrogens is 378 g/mol. The Balaban J connectivity index is 1.62. The van der Waals surface area contributed by atoms with E-state index in [0.29, 0.717) is 18.6 Å². The molecule has 1 atom stereocenters. The summed E-state index contributed by atoms with van der Waals surface area (Å²) >= 11 is 3.41. The molecule has 7 nitrogen and oxygen atoms in total. The van der Waals surface area contributed by atoms with Gasteiger partial charge in [0.2, 0.25) is 0 Å². The maximum Gasteiger partial charge on any atom is 0.325 e. The Labute approximate surface area is 148 Å². The zero-order valence-corrected chi connectivity index (χ0v) is 15.2. The van der Waals surface area contributed by atoms with Crippen molar-refractivity contribution in [3.05, 3.63) is 27.1 Å². The topological polar surface area (TPSA) is 80.6 Å². The number of ether oxygens (including phenoxy) is 1. The first-order chi connectivity index (χ1) is 11.4. The molecule has 0 bridgehead atoms. The van der Waals surface area contributed by atoms with E-state index in [4.69, 9.17) is 4.74 Å². The number of carbonyl (C=O) groups excluding carboxylic acids is 2. The highest BCUT2D eigenvalue weighted by atomic mass is 79.9. The molecule has 1 aromatic rings. The summed E-state index contributed by atoms with van der Waals surface area (Å²) < 4.78 is 8.15. The molecule has 2 heterocycles. The molecule has 3 rings (SSSR count). The summed E-state index contributed by atoms with van der Waals surface area (Å²) in [6.07, 6.45) is 4.54. The summed E-state index contributed by atoms with van der Waals surface area (Å²) in [5, 5.41) is 2.65. The van der Waals surface area contributed by atoms with Crippen LogP contribution in [-0.4, -0.2) is 39.6 Å². The zero-order chi connectivity index (χ0) is 17.4. The number of halogens is 1. The summed E-state index contributed by atoms with van der Waals surface area (Å²) in [7, 11) is 1.68. The van der Waals surface area contributed by atoms with E-state index in [0.717, 1.165) is 17.3 Å². The second-order valence-electron chi connectivity index (χ2n) is 6.36. The number of carbonyl (C=O) groups is 2. The first-order valence-corrected chi connectivity index (χ1v) is 8.82. The second kappa shape index (κ2) is 6.58. The van der Waals surface area contributed by atoms with Crippen LogP contribution in [0.4, 0.5) is 4.79 Å². The maximum absolute atomic E-state index is 12.1. The lowest BCUT2D eigenvalue weighted by Crippen LogP contribution is -2.44. The maximum atomic E-state index is 12.1. The van der Waals surface area contributed by atoms with Crippen LogP contribution < -0.4 is 15.6 Å². The van der Waals surface area contributed by atoms with Gasteiger partial charge in [0.15, 0.2) is 0 Å². The van der Waals surface area contributed by atoms with Gasteiger partial charge in [0, 0.05) is 25.4 Å². The van der Waals surface area contributed by atoms with Crippen LogP contribution >= 0.6 is 15.9 Å². The predicted molar refractivity (Wildman–Crippen MR) is 90.9 cm³/mol. The number of amides is 3. The number of nitrogens with zero attached hydrogens (tertiary/aromatic N) is 2. The summed E-state index contributed by atoms with van der Waals surface area (Å²) in [6, 6.07) is 0.651. The number of urea groups is 1. The van der Waals surface area contributed by atoms with Crippen molar-refractivity contribution in [1.29, 1.82) is 0 Å². The molecule has 1 aliphatic heterocycles. The molecule has 24 heavy (non-hydrogen) atoms. The van der Waals surface area contributed by atoms with Crippen LogP contribution in [0.5, 0.6) is 5.75 Å². The molecule has 0 radical (unpaired) electrons. The highest BCUT2D eigenvalue weighted by molar-refractivity contribution is 9.10. The third kappa shape index (κ3) is 3.19. The predicted octanol–water partition coefficient (Wildman–Crippen LogP) is 1.78. The zero-order valence-electron chi connectivity index (χ0n) is 13.6. The van der Waals surface area contributed by atoms with Gasteiger partial charge in [-0.25, -0.2) is 4.79 Å². The molecule has 8 heteroatoms. The van der Waals surface area contributed by atoms with E-state index >= 15 is 0 Å². The molecule has 2 fully saturated rings. The van der Waals surface area contributed by atoms with Gasteiger partial charge in [-0.2, -0.15) is 0 Å². The van der Waals surface area contributed by atoms with Crippen LogP contribution in [-0.2, 0) is 11.8 Å². The minimum absolute atomic E-state index is 0.0251. The Hall–Kier alpha value is -1.83. The number of aryl methyl sites for hydroxylation is 1. The van der Waals surface area contributed by atoms with E-state index in [1.807, 2.05) is 0 Å². The molecule has 1 N–H and O–H groups in total. The molecule has 1 saturated carbocycles. The largest absolute Gasteiger partial charge is 0.489 e. The average Bonchev–Trinajstić information content (AvgIpc) is 2.79. The van der Waals surface area contributed by atoms with Crippen LogP contribution in [0, 0.1) is 0 Å². The second-order valence-corrected chi connectivity index (χ2v) is 7.22. The summed E-state index contributed by atoms with van der Waals surface area (Å²) in [6.45, 7) is 1.70. The lowest BCUT2D eigenvalue weighted by molar-refractivity contribution is -0.129. The van der Waals surface area contributed by atoms with Gasteiger partial charge in [-0.3, -0.25) is 14.5 Å². The Bertz CT molecular complexity index is 725. The Kier molecular flexibility index (Phi) is 4.67. The molecule has 3 amide bonds. The summed E-state index contributed by atoms with van der Waals surface area (Å²) in [5.74, 6) is 0.379. The molecule has 0 spiro atoms. The van der Waals surface area contributed by atoms with Crippen LogP contribution in [0.25, 0.3) is 0 Å². The van der Waals surface area contributed by atoms with Gasteiger partial charge in [-0.1, -0.05) is 0 Å². The fourth-order valence-electron chi connectivity index (χ4n) is 3.24. The normalized spacial score (nSPS) is 27.3. The third-order valence-electron chi connectivity index (χ3n) is 4.61. The number of pyridine rings is 1. The van der Waals surface area contributed by atoms with E-state index in [2.05, 4.69) is 21.2 Å². The fraction of sp³-hybridized carbons (Fsp3) is 0.562. The van der Waals surface area contributed by atoms with Crippen LogP contribution in [0.2, 0.25) is 0 Å². The van der Waals surface area contributed by atoms with E-state index in [1.165, 1.54) is 15.5 Å². The molecule has 0 aromatic carbocycles. The van der Waals surface area contributed by atoms with E-state index in [1.54, 1.807) is 20.2 Å². The average molecular weight is 398 g/mol. The van der Waals surface area contributed by atoms with E-state index in [-0.39, 0.29) is 29.6 Å². The van der Waals surface area contributed by atoms with Crippen molar-refractivity contribution in [2.75, 3.05) is 0 Å².